The van der Waals surface area contributed by atoms with Gasteiger partial charge in [0.15, 0.2) is 0 Å². The van der Waals surface area contributed by atoms with Gasteiger partial charge in [-0.2, -0.15) is 0 Å². The Morgan fingerprint density at radius 3 is 2.24 bits per heavy atom. The van der Waals surface area contributed by atoms with Gasteiger partial charge in [0.1, 0.15) is 5.82 Å². The molecule has 0 radical (unpaired) electrons. The molecule has 0 aliphatic heterocycles. The van der Waals surface area contributed by atoms with E-state index in [0.717, 1.165) is 11.3 Å². The average molecular weight is 287 g/mol. The van der Waals surface area contributed by atoms with Crippen molar-refractivity contribution in [3.63, 3.8) is 0 Å². The van der Waals surface area contributed by atoms with Crippen molar-refractivity contribution in [2.45, 2.75) is 33.1 Å². The fraction of sp³-hybridized carbons (Fsp3) is 0.294. The number of benzene rings is 1. The van der Waals surface area contributed by atoms with Crippen molar-refractivity contribution in [1.29, 1.82) is 0 Å². The number of carboxylic acid groups (broad SMARTS) is 1. The minimum absolute atomic E-state index is 0.187. The summed E-state index contributed by atoms with van der Waals surface area (Å²) in [4.78, 5) is 16.0. The summed E-state index contributed by atoms with van der Waals surface area (Å²) < 4.78 is 13.0. The van der Waals surface area contributed by atoms with Gasteiger partial charge in [0.25, 0.3) is 0 Å². The highest BCUT2D eigenvalue weighted by Gasteiger charge is 2.25. The highest BCUT2D eigenvalue weighted by molar-refractivity contribution is 5.91. The molecule has 0 bridgehead atoms. The Morgan fingerprint density at radius 1 is 1.19 bits per heavy atom. The molecule has 1 heterocycles. The van der Waals surface area contributed by atoms with Crippen LogP contribution in [-0.4, -0.2) is 16.1 Å². The zero-order valence-electron chi connectivity index (χ0n) is 12.6. The predicted octanol–water partition coefficient (Wildman–Crippen LogP) is 4.19. The monoisotopic (exact) mass is 287 g/mol. The molecule has 0 aliphatic rings. The molecule has 0 saturated carbocycles. The van der Waals surface area contributed by atoms with Gasteiger partial charge in [0.2, 0.25) is 0 Å². The van der Waals surface area contributed by atoms with Gasteiger partial charge in [0.05, 0.1) is 11.3 Å². The number of hydrogen-bond acceptors (Lipinski definition) is 2. The molecule has 0 unspecified atom stereocenters. The molecule has 2 aromatic rings. The third-order valence-electron chi connectivity index (χ3n) is 3.31. The van der Waals surface area contributed by atoms with E-state index in [9.17, 15) is 14.3 Å². The molecule has 0 amide bonds. The fourth-order valence-corrected chi connectivity index (χ4v) is 2.26. The number of aryl methyl sites for hydroxylation is 1. The SMILES string of the molecule is Cc1nc(C(C)(C)C)c(C(=O)O)cc1-c1ccc(F)cc1. The van der Waals surface area contributed by atoms with Crippen LogP contribution in [0.25, 0.3) is 11.1 Å². The van der Waals surface area contributed by atoms with E-state index < -0.39 is 5.97 Å². The molecule has 1 aromatic carbocycles. The number of nitrogens with zero attached hydrogens (tertiary/aromatic N) is 1. The van der Waals surface area contributed by atoms with Crippen molar-refractivity contribution in [2.75, 3.05) is 0 Å². The van der Waals surface area contributed by atoms with Gasteiger partial charge >= 0.3 is 5.97 Å². The molecule has 21 heavy (non-hydrogen) atoms. The lowest BCUT2D eigenvalue weighted by molar-refractivity contribution is 0.0693. The number of aromatic nitrogens is 1. The molecule has 1 aromatic heterocycles. The van der Waals surface area contributed by atoms with Crippen LogP contribution in [0.2, 0.25) is 0 Å². The molecule has 3 nitrogen and oxygen atoms in total. The maximum absolute atomic E-state index is 13.0. The Hall–Kier alpha value is -2.23. The minimum atomic E-state index is -1.00. The first-order chi connectivity index (χ1) is 9.70. The third kappa shape index (κ3) is 3.10. The number of carbonyl (C=O) groups is 1. The largest absolute Gasteiger partial charge is 0.478 e. The Bertz CT molecular complexity index is 685. The molecular formula is C17H18FNO2. The van der Waals surface area contributed by atoms with Crippen LogP contribution in [0.5, 0.6) is 0 Å². The first kappa shape index (κ1) is 15.2. The van der Waals surface area contributed by atoms with Crippen LogP contribution in [-0.2, 0) is 5.41 Å². The lowest BCUT2D eigenvalue weighted by Gasteiger charge is -2.22. The molecule has 0 fully saturated rings. The van der Waals surface area contributed by atoms with E-state index in [-0.39, 0.29) is 16.8 Å². The van der Waals surface area contributed by atoms with E-state index in [4.69, 9.17) is 0 Å². The molecular weight excluding hydrogens is 269 g/mol. The number of carboxylic acids is 1. The molecule has 2 rings (SSSR count). The smallest absolute Gasteiger partial charge is 0.337 e. The van der Waals surface area contributed by atoms with E-state index in [2.05, 4.69) is 4.98 Å². The van der Waals surface area contributed by atoms with Gasteiger partial charge in [-0.1, -0.05) is 32.9 Å². The second-order valence-electron chi connectivity index (χ2n) is 6.08. The highest BCUT2D eigenvalue weighted by Crippen LogP contribution is 2.30. The number of hydrogen-bond donors (Lipinski definition) is 1. The van der Waals surface area contributed by atoms with Crippen molar-refractivity contribution < 1.29 is 14.3 Å². The number of halogens is 1. The summed E-state index contributed by atoms with van der Waals surface area (Å²) in [5.41, 5.74) is 2.58. The first-order valence-electron chi connectivity index (χ1n) is 6.71. The van der Waals surface area contributed by atoms with Gasteiger partial charge in [0, 0.05) is 16.7 Å². The van der Waals surface area contributed by atoms with Crippen LogP contribution >= 0.6 is 0 Å². The van der Waals surface area contributed by atoms with Gasteiger partial charge in [-0.25, -0.2) is 9.18 Å². The van der Waals surface area contributed by atoms with E-state index in [1.54, 1.807) is 18.2 Å². The molecule has 110 valence electrons. The van der Waals surface area contributed by atoms with Crippen LogP contribution in [0, 0.1) is 12.7 Å². The summed E-state index contributed by atoms with van der Waals surface area (Å²) >= 11 is 0. The average Bonchev–Trinajstić information content (AvgIpc) is 2.38. The normalized spacial score (nSPS) is 11.5. The molecule has 0 saturated heterocycles. The van der Waals surface area contributed by atoms with E-state index in [1.807, 2.05) is 27.7 Å². The van der Waals surface area contributed by atoms with E-state index >= 15 is 0 Å². The number of rotatable bonds is 2. The van der Waals surface area contributed by atoms with Gasteiger partial charge in [-0.05, 0) is 30.7 Å². The summed E-state index contributed by atoms with van der Waals surface area (Å²) in [6, 6.07) is 7.59. The standard InChI is InChI=1S/C17H18FNO2/c1-10-13(11-5-7-12(18)8-6-11)9-14(16(20)21)15(19-10)17(2,3)4/h5-9H,1-4H3,(H,20,21). The summed E-state index contributed by atoms with van der Waals surface area (Å²) in [5.74, 6) is -1.33. The van der Waals surface area contributed by atoms with Crippen molar-refractivity contribution in [1.82, 2.24) is 4.98 Å². The highest BCUT2D eigenvalue weighted by atomic mass is 19.1. The Kier molecular flexibility index (Phi) is 3.81. The first-order valence-corrected chi connectivity index (χ1v) is 6.71. The van der Waals surface area contributed by atoms with Gasteiger partial charge in [-0.3, -0.25) is 4.98 Å². The van der Waals surface area contributed by atoms with E-state index in [1.165, 1.54) is 12.1 Å². The lowest BCUT2D eigenvalue weighted by Crippen LogP contribution is -2.20. The third-order valence-corrected chi connectivity index (χ3v) is 3.31. The Labute approximate surface area is 123 Å². The van der Waals surface area contributed by atoms with Crippen LogP contribution in [0.4, 0.5) is 4.39 Å². The minimum Gasteiger partial charge on any atom is -0.478 e. The molecule has 0 atom stereocenters. The second-order valence-corrected chi connectivity index (χ2v) is 6.08. The topological polar surface area (TPSA) is 50.2 Å². The van der Waals surface area contributed by atoms with Gasteiger partial charge < -0.3 is 5.11 Å². The van der Waals surface area contributed by atoms with Crippen LogP contribution in [0.3, 0.4) is 0 Å². The Balaban J connectivity index is 2.67. The summed E-state index contributed by atoms with van der Waals surface area (Å²) in [6.45, 7) is 7.62. The quantitative estimate of drug-likeness (QED) is 0.901. The molecule has 4 heteroatoms. The zero-order chi connectivity index (χ0) is 15.8. The summed E-state index contributed by atoms with van der Waals surface area (Å²) in [6.07, 6.45) is 0. The maximum atomic E-state index is 13.0. The fourth-order valence-electron chi connectivity index (χ4n) is 2.26. The number of pyridine rings is 1. The van der Waals surface area contributed by atoms with Crippen LogP contribution in [0.15, 0.2) is 30.3 Å². The predicted molar refractivity (Wildman–Crippen MR) is 80.0 cm³/mol. The van der Waals surface area contributed by atoms with E-state index in [0.29, 0.717) is 11.3 Å². The maximum Gasteiger partial charge on any atom is 0.337 e. The summed E-state index contributed by atoms with van der Waals surface area (Å²) in [5, 5.41) is 9.44. The molecule has 0 spiro atoms. The van der Waals surface area contributed by atoms with Gasteiger partial charge in [-0.15, -0.1) is 0 Å². The Morgan fingerprint density at radius 2 is 1.76 bits per heavy atom. The second kappa shape index (κ2) is 5.28. The van der Waals surface area contributed by atoms with Crippen molar-refractivity contribution in [3.8, 4) is 11.1 Å². The van der Waals surface area contributed by atoms with Crippen molar-refractivity contribution in [3.05, 3.63) is 53.1 Å². The van der Waals surface area contributed by atoms with Crippen LogP contribution < -0.4 is 0 Å². The number of aromatic carboxylic acids is 1. The molecule has 0 aliphatic carbocycles. The molecule has 1 N–H and O–H groups in total. The van der Waals surface area contributed by atoms with Crippen molar-refractivity contribution >= 4 is 5.97 Å². The lowest BCUT2D eigenvalue weighted by atomic mass is 9.86. The van der Waals surface area contributed by atoms with Crippen molar-refractivity contribution in [2.24, 2.45) is 0 Å². The summed E-state index contributed by atoms with van der Waals surface area (Å²) in [7, 11) is 0. The zero-order valence-corrected chi connectivity index (χ0v) is 12.6. The van der Waals surface area contributed by atoms with Crippen LogP contribution in [0.1, 0.15) is 42.5 Å².